The second-order valence-corrected chi connectivity index (χ2v) is 5.58. The molecule has 0 atom stereocenters. The van der Waals surface area contributed by atoms with Gasteiger partial charge in [0.2, 0.25) is 0 Å². The summed E-state index contributed by atoms with van der Waals surface area (Å²) in [4.78, 5) is 12.3. The maximum absolute atomic E-state index is 12.3. The van der Waals surface area contributed by atoms with Crippen molar-refractivity contribution in [3.05, 3.63) is 63.1 Å². The molecule has 4 nitrogen and oxygen atoms in total. The number of anilines is 1. The van der Waals surface area contributed by atoms with Gasteiger partial charge in [-0.1, -0.05) is 35.0 Å². The molecule has 21 heavy (non-hydrogen) atoms. The quantitative estimate of drug-likeness (QED) is 0.475. The van der Waals surface area contributed by atoms with Crippen LogP contribution in [0.3, 0.4) is 0 Å². The fourth-order valence-electron chi connectivity index (χ4n) is 1.79. The summed E-state index contributed by atoms with van der Waals surface area (Å²) in [5.41, 5.74) is 2.07. The van der Waals surface area contributed by atoms with E-state index in [1.54, 1.807) is 49.4 Å². The summed E-state index contributed by atoms with van der Waals surface area (Å²) in [6, 6.07) is 12.1. The zero-order valence-electron chi connectivity index (χ0n) is 11.1. The Bertz CT molecular complexity index is 717. The number of hydrogen-bond acceptors (Lipinski definition) is 3. The van der Waals surface area contributed by atoms with Crippen molar-refractivity contribution in [1.29, 1.82) is 0 Å². The number of hydrogen-bond donors (Lipinski definition) is 2. The van der Waals surface area contributed by atoms with Crippen molar-refractivity contribution < 1.29 is 10.0 Å². The van der Waals surface area contributed by atoms with Crippen molar-refractivity contribution in [1.82, 2.24) is 0 Å². The minimum atomic E-state index is -0.289. The van der Waals surface area contributed by atoms with Gasteiger partial charge in [-0.05, 0) is 47.1 Å². The Balaban J connectivity index is 2.30. The predicted molar refractivity (Wildman–Crippen MR) is 87.5 cm³/mol. The summed E-state index contributed by atoms with van der Waals surface area (Å²) in [6.07, 6.45) is 0. The van der Waals surface area contributed by atoms with Crippen molar-refractivity contribution in [3.8, 4) is 0 Å². The smallest absolute Gasteiger partial charge is 0.255 e. The SMILES string of the molecule is C/C(=N/O)c1ccccc1NC(=O)c1ccc(Br)c(Cl)c1. The van der Waals surface area contributed by atoms with E-state index >= 15 is 0 Å². The molecule has 0 aliphatic heterocycles. The molecular weight excluding hydrogens is 356 g/mol. The number of nitrogens with zero attached hydrogens (tertiary/aromatic N) is 1. The third-order valence-electron chi connectivity index (χ3n) is 2.90. The molecule has 6 heteroatoms. The average molecular weight is 368 g/mol. The van der Waals surface area contributed by atoms with Crippen LogP contribution in [-0.4, -0.2) is 16.8 Å². The Kier molecular flexibility index (Phi) is 4.98. The molecule has 2 aromatic rings. The van der Waals surface area contributed by atoms with Gasteiger partial charge in [-0.3, -0.25) is 4.79 Å². The van der Waals surface area contributed by atoms with Crippen LogP contribution in [0.4, 0.5) is 5.69 Å². The Labute approximate surface area is 135 Å². The minimum absolute atomic E-state index is 0.289. The number of rotatable bonds is 3. The first-order valence-corrected chi connectivity index (χ1v) is 7.24. The third kappa shape index (κ3) is 3.62. The van der Waals surface area contributed by atoms with Crippen molar-refractivity contribution >= 4 is 44.8 Å². The van der Waals surface area contributed by atoms with Gasteiger partial charge in [0.15, 0.2) is 0 Å². The van der Waals surface area contributed by atoms with E-state index in [1.165, 1.54) is 0 Å². The van der Waals surface area contributed by atoms with E-state index in [-0.39, 0.29) is 5.91 Å². The Morgan fingerprint density at radius 1 is 1.29 bits per heavy atom. The highest BCUT2D eigenvalue weighted by molar-refractivity contribution is 9.10. The normalized spacial score (nSPS) is 11.3. The van der Waals surface area contributed by atoms with E-state index in [2.05, 4.69) is 26.4 Å². The van der Waals surface area contributed by atoms with E-state index in [0.717, 1.165) is 4.47 Å². The number of carbonyl (C=O) groups excluding carboxylic acids is 1. The third-order valence-corrected chi connectivity index (χ3v) is 4.13. The van der Waals surface area contributed by atoms with Crippen LogP contribution >= 0.6 is 27.5 Å². The molecule has 0 unspecified atom stereocenters. The molecule has 0 aliphatic rings. The van der Waals surface area contributed by atoms with Crippen LogP contribution in [-0.2, 0) is 0 Å². The summed E-state index contributed by atoms with van der Waals surface area (Å²) >= 11 is 9.26. The number of amides is 1. The van der Waals surface area contributed by atoms with E-state index in [0.29, 0.717) is 27.5 Å². The molecular formula is C15H12BrClN2O2. The van der Waals surface area contributed by atoms with Gasteiger partial charge < -0.3 is 10.5 Å². The lowest BCUT2D eigenvalue weighted by Gasteiger charge is -2.10. The van der Waals surface area contributed by atoms with Gasteiger partial charge in [-0.25, -0.2) is 0 Å². The molecule has 108 valence electrons. The van der Waals surface area contributed by atoms with E-state index in [1.807, 2.05) is 0 Å². The number of carbonyl (C=O) groups is 1. The lowest BCUT2D eigenvalue weighted by Crippen LogP contribution is -2.14. The molecule has 0 saturated heterocycles. The zero-order chi connectivity index (χ0) is 15.4. The molecule has 2 aromatic carbocycles. The van der Waals surface area contributed by atoms with Crippen molar-refractivity contribution in [2.24, 2.45) is 5.16 Å². The number of para-hydroxylation sites is 1. The monoisotopic (exact) mass is 366 g/mol. The molecule has 0 heterocycles. The molecule has 0 aliphatic carbocycles. The van der Waals surface area contributed by atoms with Crippen LogP contribution in [0.2, 0.25) is 5.02 Å². The van der Waals surface area contributed by atoms with Crippen molar-refractivity contribution in [3.63, 3.8) is 0 Å². The first kappa shape index (κ1) is 15.5. The summed E-state index contributed by atoms with van der Waals surface area (Å²) < 4.78 is 0.726. The van der Waals surface area contributed by atoms with Gasteiger partial charge in [-0.2, -0.15) is 0 Å². The first-order chi connectivity index (χ1) is 10.0. The molecule has 2 rings (SSSR count). The molecule has 0 radical (unpaired) electrons. The summed E-state index contributed by atoms with van der Waals surface area (Å²) in [5.74, 6) is -0.289. The lowest BCUT2D eigenvalue weighted by molar-refractivity contribution is 0.102. The van der Waals surface area contributed by atoms with Gasteiger partial charge in [0.25, 0.3) is 5.91 Å². The van der Waals surface area contributed by atoms with Crippen LogP contribution in [0.25, 0.3) is 0 Å². The molecule has 0 saturated carbocycles. The topological polar surface area (TPSA) is 61.7 Å². The second-order valence-electron chi connectivity index (χ2n) is 4.31. The lowest BCUT2D eigenvalue weighted by atomic mass is 10.1. The second kappa shape index (κ2) is 6.74. The van der Waals surface area contributed by atoms with Crippen LogP contribution < -0.4 is 5.32 Å². The Morgan fingerprint density at radius 3 is 2.67 bits per heavy atom. The summed E-state index contributed by atoms with van der Waals surface area (Å²) in [5, 5.41) is 15.3. The van der Waals surface area contributed by atoms with Crippen LogP contribution in [0.15, 0.2) is 52.1 Å². The highest BCUT2D eigenvalue weighted by Gasteiger charge is 2.11. The largest absolute Gasteiger partial charge is 0.411 e. The molecule has 0 bridgehead atoms. The average Bonchev–Trinajstić information content (AvgIpc) is 2.49. The fraction of sp³-hybridized carbons (Fsp3) is 0.0667. The first-order valence-electron chi connectivity index (χ1n) is 6.07. The van der Waals surface area contributed by atoms with Gasteiger partial charge in [0.05, 0.1) is 16.4 Å². The van der Waals surface area contributed by atoms with Crippen LogP contribution in [0, 0.1) is 0 Å². The fourth-order valence-corrected chi connectivity index (χ4v) is 2.22. The number of oxime groups is 1. The maximum atomic E-state index is 12.3. The highest BCUT2D eigenvalue weighted by atomic mass is 79.9. The van der Waals surface area contributed by atoms with Crippen LogP contribution in [0.1, 0.15) is 22.8 Å². The van der Waals surface area contributed by atoms with Gasteiger partial charge in [-0.15, -0.1) is 0 Å². The number of benzene rings is 2. The molecule has 1 amide bonds. The van der Waals surface area contributed by atoms with E-state index in [9.17, 15) is 4.79 Å². The minimum Gasteiger partial charge on any atom is -0.411 e. The van der Waals surface area contributed by atoms with Gasteiger partial charge in [0.1, 0.15) is 0 Å². The molecule has 0 fully saturated rings. The summed E-state index contributed by atoms with van der Waals surface area (Å²) in [6.45, 7) is 1.65. The van der Waals surface area contributed by atoms with Gasteiger partial charge >= 0.3 is 0 Å². The zero-order valence-corrected chi connectivity index (χ0v) is 13.4. The summed E-state index contributed by atoms with van der Waals surface area (Å²) in [7, 11) is 0. The van der Waals surface area contributed by atoms with Crippen LogP contribution in [0.5, 0.6) is 0 Å². The Hall–Kier alpha value is -1.85. The molecule has 0 aromatic heterocycles. The predicted octanol–water partition coefficient (Wildman–Crippen LogP) is 4.55. The van der Waals surface area contributed by atoms with E-state index in [4.69, 9.17) is 16.8 Å². The van der Waals surface area contributed by atoms with Crippen molar-refractivity contribution in [2.45, 2.75) is 6.92 Å². The van der Waals surface area contributed by atoms with Gasteiger partial charge in [0, 0.05) is 15.6 Å². The maximum Gasteiger partial charge on any atom is 0.255 e. The molecule has 0 spiro atoms. The standard InChI is InChI=1S/C15H12BrClN2O2/c1-9(19-21)11-4-2-3-5-14(11)18-15(20)10-6-7-12(16)13(17)8-10/h2-8,21H,1H3,(H,18,20)/b19-9-. The van der Waals surface area contributed by atoms with Crippen molar-refractivity contribution in [2.75, 3.05) is 5.32 Å². The molecule has 2 N–H and O–H groups in total. The highest BCUT2D eigenvalue weighted by Crippen LogP contribution is 2.24. The Morgan fingerprint density at radius 2 is 2.00 bits per heavy atom. The van der Waals surface area contributed by atoms with E-state index < -0.39 is 0 Å². The number of halogens is 2. The number of nitrogens with one attached hydrogen (secondary N) is 1.